The van der Waals surface area contributed by atoms with E-state index in [9.17, 15) is 18.4 Å². The maximum atomic E-state index is 12.9. The second-order valence-corrected chi connectivity index (χ2v) is 6.95. The maximum Gasteiger partial charge on any atom is 0.288 e. The van der Waals surface area contributed by atoms with Crippen LogP contribution in [0, 0.1) is 0 Å². The lowest BCUT2D eigenvalue weighted by molar-refractivity contribution is -0.118. The molecule has 0 heterocycles. The van der Waals surface area contributed by atoms with Crippen molar-refractivity contribution in [2.45, 2.75) is 36.8 Å². The minimum absolute atomic E-state index is 0.252. The minimum Gasteiger partial charge on any atom is -0.484 e. The number of rotatable bonds is 6. The van der Waals surface area contributed by atoms with Crippen molar-refractivity contribution in [1.29, 1.82) is 0 Å². The Hall–Kier alpha value is -2.96. The summed E-state index contributed by atoms with van der Waals surface area (Å²) in [6.45, 7) is 0. The molecule has 27 heavy (non-hydrogen) atoms. The van der Waals surface area contributed by atoms with Crippen LogP contribution < -0.4 is 15.4 Å². The molecule has 0 aliphatic heterocycles. The molecule has 2 fully saturated rings. The van der Waals surface area contributed by atoms with Crippen LogP contribution >= 0.6 is 0 Å². The molecule has 5 nitrogen and oxygen atoms in total. The van der Waals surface area contributed by atoms with Gasteiger partial charge < -0.3 is 15.4 Å². The fraction of sp³-hybridized carbons (Fsp3) is 0.300. The van der Waals surface area contributed by atoms with Crippen molar-refractivity contribution >= 4 is 17.5 Å². The average molecular weight is 372 g/mol. The Kier molecular flexibility index (Phi) is 4.09. The van der Waals surface area contributed by atoms with Crippen LogP contribution in [0.4, 0.5) is 14.5 Å². The van der Waals surface area contributed by atoms with E-state index < -0.39 is 17.6 Å². The van der Waals surface area contributed by atoms with Crippen molar-refractivity contribution in [2.75, 3.05) is 5.32 Å². The molecular weight excluding hydrogens is 354 g/mol. The molecule has 2 aliphatic carbocycles. The highest BCUT2D eigenvalue weighted by atomic mass is 19.3. The number of hydrogen-bond donors (Lipinski definition) is 2. The van der Waals surface area contributed by atoms with Crippen molar-refractivity contribution in [2.24, 2.45) is 0 Å². The fourth-order valence-corrected chi connectivity index (χ4v) is 2.76. The third-order valence-electron chi connectivity index (χ3n) is 4.73. The summed E-state index contributed by atoms with van der Waals surface area (Å²) in [7, 11) is 0. The van der Waals surface area contributed by atoms with Crippen LogP contribution in [-0.2, 0) is 4.79 Å². The molecule has 1 unspecified atom stereocenters. The van der Waals surface area contributed by atoms with Gasteiger partial charge in [-0.1, -0.05) is 18.2 Å². The normalized spacial score (nSPS) is 21.0. The highest BCUT2D eigenvalue weighted by Crippen LogP contribution is 2.44. The van der Waals surface area contributed by atoms with Crippen LogP contribution in [0.3, 0.4) is 0 Å². The summed E-state index contributed by atoms with van der Waals surface area (Å²) in [6, 6.07) is 15.0. The van der Waals surface area contributed by atoms with Crippen LogP contribution in [0.25, 0.3) is 0 Å². The van der Waals surface area contributed by atoms with E-state index in [4.69, 9.17) is 4.74 Å². The SMILES string of the molecule is O=C(NC1(C(=O)Nc2ccccc2)CC1)c1ccc(OC2CC2(F)F)cc1. The van der Waals surface area contributed by atoms with E-state index in [1.807, 2.05) is 18.2 Å². The molecule has 140 valence electrons. The lowest BCUT2D eigenvalue weighted by atomic mass is 10.1. The monoisotopic (exact) mass is 372 g/mol. The van der Waals surface area contributed by atoms with E-state index in [0.29, 0.717) is 24.1 Å². The molecule has 0 saturated heterocycles. The zero-order valence-corrected chi connectivity index (χ0v) is 14.4. The fourth-order valence-electron chi connectivity index (χ4n) is 2.76. The lowest BCUT2D eigenvalue weighted by Gasteiger charge is -2.17. The average Bonchev–Trinajstić information content (AvgIpc) is 3.54. The van der Waals surface area contributed by atoms with E-state index in [1.165, 1.54) is 24.3 Å². The second kappa shape index (κ2) is 6.33. The third kappa shape index (κ3) is 3.77. The number of benzene rings is 2. The van der Waals surface area contributed by atoms with Gasteiger partial charge in [0.2, 0.25) is 5.91 Å². The van der Waals surface area contributed by atoms with Gasteiger partial charge >= 0.3 is 0 Å². The summed E-state index contributed by atoms with van der Waals surface area (Å²) >= 11 is 0. The lowest BCUT2D eigenvalue weighted by Crippen LogP contribution is -2.46. The zero-order valence-electron chi connectivity index (χ0n) is 14.4. The van der Waals surface area contributed by atoms with Gasteiger partial charge in [0.15, 0.2) is 6.10 Å². The predicted octanol–water partition coefficient (Wildman–Crippen LogP) is 3.37. The van der Waals surface area contributed by atoms with Crippen molar-refractivity contribution in [3.63, 3.8) is 0 Å². The molecule has 2 amide bonds. The maximum absolute atomic E-state index is 12.9. The van der Waals surface area contributed by atoms with E-state index in [2.05, 4.69) is 10.6 Å². The number of carbonyl (C=O) groups is 2. The van der Waals surface area contributed by atoms with Crippen LogP contribution in [-0.4, -0.2) is 29.4 Å². The first kappa shape index (κ1) is 17.5. The number of anilines is 1. The molecule has 4 rings (SSSR count). The van der Waals surface area contributed by atoms with E-state index >= 15 is 0 Å². The highest BCUT2D eigenvalue weighted by Gasteiger charge is 2.59. The molecular formula is C20H18F2N2O3. The number of para-hydroxylation sites is 1. The molecule has 0 spiro atoms. The summed E-state index contributed by atoms with van der Waals surface area (Å²) in [5, 5.41) is 5.58. The molecule has 2 N–H and O–H groups in total. The third-order valence-corrected chi connectivity index (χ3v) is 4.73. The zero-order chi connectivity index (χ0) is 19.1. The topological polar surface area (TPSA) is 67.4 Å². The Balaban J connectivity index is 1.36. The highest BCUT2D eigenvalue weighted by molar-refractivity contribution is 6.05. The van der Waals surface area contributed by atoms with Gasteiger partial charge in [-0.15, -0.1) is 0 Å². The van der Waals surface area contributed by atoms with Gasteiger partial charge in [0.1, 0.15) is 11.3 Å². The summed E-state index contributed by atoms with van der Waals surface area (Å²) < 4.78 is 30.9. The summed E-state index contributed by atoms with van der Waals surface area (Å²) in [5.74, 6) is -3.12. The van der Waals surface area contributed by atoms with E-state index in [-0.39, 0.29) is 24.0 Å². The first-order chi connectivity index (χ1) is 12.9. The predicted molar refractivity (Wildman–Crippen MR) is 94.9 cm³/mol. The Morgan fingerprint density at radius 3 is 2.19 bits per heavy atom. The number of hydrogen-bond acceptors (Lipinski definition) is 3. The van der Waals surface area contributed by atoms with Gasteiger partial charge in [-0.3, -0.25) is 9.59 Å². The standard InChI is InChI=1S/C20H18F2N2O3/c21-20(22)12-16(20)27-15-8-6-13(7-9-15)17(25)24-19(10-11-19)18(26)23-14-4-2-1-3-5-14/h1-9,16H,10-12H2,(H,23,26)(H,24,25). The molecule has 0 aromatic heterocycles. The van der Waals surface area contributed by atoms with Crippen molar-refractivity contribution in [3.8, 4) is 5.75 Å². The molecule has 7 heteroatoms. The van der Waals surface area contributed by atoms with Gasteiger partial charge in [0, 0.05) is 11.3 Å². The molecule has 0 bridgehead atoms. The Labute approximate surface area is 154 Å². The van der Waals surface area contributed by atoms with Gasteiger partial charge in [-0.2, -0.15) is 0 Å². The Morgan fingerprint density at radius 1 is 1.00 bits per heavy atom. The summed E-state index contributed by atoms with van der Waals surface area (Å²) in [5.41, 5.74) is 0.100. The van der Waals surface area contributed by atoms with E-state index in [0.717, 1.165) is 0 Å². The second-order valence-electron chi connectivity index (χ2n) is 6.95. The smallest absolute Gasteiger partial charge is 0.288 e. The molecule has 1 atom stereocenters. The number of ether oxygens (including phenoxy) is 1. The Bertz CT molecular complexity index is 865. The van der Waals surface area contributed by atoms with Crippen LogP contribution in [0.5, 0.6) is 5.75 Å². The molecule has 2 aliphatic rings. The Morgan fingerprint density at radius 2 is 1.63 bits per heavy atom. The van der Waals surface area contributed by atoms with Gasteiger partial charge in [-0.05, 0) is 49.2 Å². The first-order valence-corrected chi connectivity index (χ1v) is 8.72. The van der Waals surface area contributed by atoms with Crippen LogP contribution in [0.15, 0.2) is 54.6 Å². The summed E-state index contributed by atoms with van der Waals surface area (Å²) in [4.78, 5) is 24.9. The molecule has 2 aromatic rings. The van der Waals surface area contributed by atoms with Gasteiger partial charge in [0.25, 0.3) is 11.8 Å². The molecule has 2 aromatic carbocycles. The summed E-state index contributed by atoms with van der Waals surface area (Å²) in [6.07, 6.45) is -0.243. The van der Waals surface area contributed by atoms with Crippen molar-refractivity contribution < 1.29 is 23.1 Å². The number of amides is 2. The largest absolute Gasteiger partial charge is 0.484 e. The minimum atomic E-state index is -2.76. The molecule has 0 radical (unpaired) electrons. The first-order valence-electron chi connectivity index (χ1n) is 8.72. The van der Waals surface area contributed by atoms with Gasteiger partial charge in [-0.25, -0.2) is 8.78 Å². The van der Waals surface area contributed by atoms with Crippen LogP contribution in [0.1, 0.15) is 29.6 Å². The van der Waals surface area contributed by atoms with Crippen molar-refractivity contribution in [3.05, 3.63) is 60.2 Å². The van der Waals surface area contributed by atoms with Crippen molar-refractivity contribution in [1.82, 2.24) is 5.32 Å². The number of alkyl halides is 2. The van der Waals surface area contributed by atoms with Crippen LogP contribution in [0.2, 0.25) is 0 Å². The number of carbonyl (C=O) groups excluding carboxylic acids is 2. The quantitative estimate of drug-likeness (QED) is 0.817. The molecule has 2 saturated carbocycles. The number of halogens is 2. The van der Waals surface area contributed by atoms with Gasteiger partial charge in [0.05, 0.1) is 6.42 Å². The van der Waals surface area contributed by atoms with E-state index in [1.54, 1.807) is 12.1 Å². The number of nitrogens with one attached hydrogen (secondary N) is 2.